The summed E-state index contributed by atoms with van der Waals surface area (Å²) in [6.07, 6.45) is 2.24. The fourth-order valence-corrected chi connectivity index (χ4v) is 2.43. The second-order valence-electron chi connectivity index (χ2n) is 5.25. The van der Waals surface area contributed by atoms with E-state index >= 15 is 0 Å². The van der Waals surface area contributed by atoms with Gasteiger partial charge < -0.3 is 15.4 Å². The molecular weight excluding hydrogens is 284 g/mol. The summed E-state index contributed by atoms with van der Waals surface area (Å²) in [5, 5.41) is 0. The van der Waals surface area contributed by atoms with E-state index in [2.05, 4.69) is 23.7 Å². The van der Waals surface area contributed by atoms with Crippen LogP contribution in [0.15, 0.2) is 18.3 Å². The van der Waals surface area contributed by atoms with Crippen LogP contribution < -0.4 is 15.5 Å². The first-order valence-electron chi connectivity index (χ1n) is 7.55. The van der Waals surface area contributed by atoms with Gasteiger partial charge in [-0.2, -0.15) is 0 Å². The minimum atomic E-state index is -0.899. The third-order valence-electron chi connectivity index (χ3n) is 3.48. The van der Waals surface area contributed by atoms with E-state index in [-0.39, 0.29) is 6.54 Å². The molecule has 0 radical (unpaired) electrons. The number of amides is 2. The number of nitrogens with two attached hydrogens (primary N) is 1. The third kappa shape index (κ3) is 3.47. The Morgan fingerprint density at radius 2 is 2.09 bits per heavy atom. The quantitative estimate of drug-likeness (QED) is 0.825. The van der Waals surface area contributed by atoms with Crippen LogP contribution in [-0.2, 0) is 9.53 Å². The summed E-state index contributed by atoms with van der Waals surface area (Å²) in [4.78, 5) is 30.9. The molecule has 2 N–H and O–H groups in total. The van der Waals surface area contributed by atoms with Crippen LogP contribution in [0, 0.1) is 0 Å². The van der Waals surface area contributed by atoms with E-state index in [1.165, 1.54) is 4.90 Å². The maximum atomic E-state index is 11.8. The van der Waals surface area contributed by atoms with Gasteiger partial charge in [-0.25, -0.2) is 9.78 Å². The van der Waals surface area contributed by atoms with Crippen LogP contribution in [-0.4, -0.2) is 42.7 Å². The predicted octanol–water partition coefficient (Wildman–Crippen LogP) is 1.52. The van der Waals surface area contributed by atoms with Crippen LogP contribution in [0.5, 0.6) is 0 Å². The average molecular weight is 306 g/mol. The van der Waals surface area contributed by atoms with Crippen LogP contribution in [0.3, 0.4) is 0 Å². The number of carbonyl (C=O) groups excluding carboxylic acids is 2. The molecule has 1 fully saturated rings. The van der Waals surface area contributed by atoms with Crippen molar-refractivity contribution in [3.63, 3.8) is 0 Å². The minimum absolute atomic E-state index is 0.128. The van der Waals surface area contributed by atoms with E-state index in [0.717, 1.165) is 31.7 Å². The Balaban J connectivity index is 2.11. The van der Waals surface area contributed by atoms with Gasteiger partial charge in [0.15, 0.2) is 6.10 Å². The lowest BCUT2D eigenvalue weighted by Crippen LogP contribution is -2.32. The van der Waals surface area contributed by atoms with Crippen molar-refractivity contribution in [1.82, 2.24) is 4.98 Å². The summed E-state index contributed by atoms with van der Waals surface area (Å²) in [6.45, 7) is 6.26. The first-order valence-corrected chi connectivity index (χ1v) is 7.55. The van der Waals surface area contributed by atoms with E-state index in [9.17, 15) is 9.59 Å². The molecule has 0 spiro atoms. The fourth-order valence-electron chi connectivity index (χ4n) is 2.43. The standard InChI is InChI=1S/C15H22N4O3/c1-3-7-18(8-4-2)13-6-5-11(9-17-13)19-10-12(14(16)20)22-15(19)21/h5-6,9,12H,3-4,7-8,10H2,1-2H3,(H2,16,20). The van der Waals surface area contributed by atoms with Crippen molar-refractivity contribution in [2.45, 2.75) is 32.8 Å². The molecule has 0 saturated carbocycles. The minimum Gasteiger partial charge on any atom is -0.434 e. The summed E-state index contributed by atoms with van der Waals surface area (Å²) in [6, 6.07) is 3.69. The summed E-state index contributed by atoms with van der Waals surface area (Å²) in [5.41, 5.74) is 5.77. The third-order valence-corrected chi connectivity index (χ3v) is 3.48. The molecule has 1 aromatic heterocycles. The number of aromatic nitrogens is 1. The number of pyridine rings is 1. The van der Waals surface area contributed by atoms with Crippen LogP contribution in [0.1, 0.15) is 26.7 Å². The van der Waals surface area contributed by atoms with Gasteiger partial charge in [0.25, 0.3) is 5.91 Å². The van der Waals surface area contributed by atoms with Crippen LogP contribution in [0.2, 0.25) is 0 Å². The lowest BCUT2D eigenvalue weighted by Gasteiger charge is -2.23. The zero-order valence-corrected chi connectivity index (χ0v) is 13.0. The zero-order chi connectivity index (χ0) is 16.1. The van der Waals surface area contributed by atoms with Gasteiger partial charge >= 0.3 is 6.09 Å². The number of ether oxygens (including phenoxy) is 1. The molecule has 120 valence electrons. The Bertz CT molecular complexity index is 526. The smallest absolute Gasteiger partial charge is 0.415 e. The molecule has 1 unspecified atom stereocenters. The predicted molar refractivity (Wildman–Crippen MR) is 83.8 cm³/mol. The van der Waals surface area contributed by atoms with E-state index in [0.29, 0.717) is 5.69 Å². The fraction of sp³-hybridized carbons (Fsp3) is 0.533. The Morgan fingerprint density at radius 1 is 1.41 bits per heavy atom. The molecular formula is C15H22N4O3. The van der Waals surface area contributed by atoms with Crippen LogP contribution in [0.25, 0.3) is 0 Å². The molecule has 7 nitrogen and oxygen atoms in total. The topological polar surface area (TPSA) is 88.8 Å². The molecule has 0 bridgehead atoms. The zero-order valence-electron chi connectivity index (χ0n) is 13.0. The first-order chi connectivity index (χ1) is 10.6. The maximum Gasteiger partial charge on any atom is 0.415 e. The molecule has 1 aromatic rings. The summed E-state index contributed by atoms with van der Waals surface area (Å²) >= 11 is 0. The highest BCUT2D eigenvalue weighted by atomic mass is 16.6. The van der Waals surface area contributed by atoms with Crippen LogP contribution in [0.4, 0.5) is 16.3 Å². The summed E-state index contributed by atoms with van der Waals surface area (Å²) in [5.74, 6) is 0.240. The largest absolute Gasteiger partial charge is 0.434 e. The van der Waals surface area contributed by atoms with Crippen molar-refractivity contribution >= 4 is 23.5 Å². The summed E-state index contributed by atoms with van der Waals surface area (Å²) < 4.78 is 4.92. The number of primary amides is 1. The van der Waals surface area contributed by atoms with E-state index in [1.807, 2.05) is 12.1 Å². The molecule has 7 heteroatoms. The van der Waals surface area contributed by atoms with Gasteiger partial charge in [0.2, 0.25) is 0 Å². The van der Waals surface area contributed by atoms with Crippen molar-refractivity contribution in [1.29, 1.82) is 0 Å². The molecule has 2 amide bonds. The van der Waals surface area contributed by atoms with Crippen molar-refractivity contribution < 1.29 is 14.3 Å². The lowest BCUT2D eigenvalue weighted by atomic mass is 10.3. The number of cyclic esters (lactones) is 1. The highest BCUT2D eigenvalue weighted by molar-refractivity contribution is 5.95. The SMILES string of the molecule is CCCN(CCC)c1ccc(N2CC(C(N)=O)OC2=O)cn1. The number of anilines is 2. The highest BCUT2D eigenvalue weighted by Crippen LogP contribution is 2.23. The lowest BCUT2D eigenvalue weighted by molar-refractivity contribution is -0.124. The van der Waals surface area contributed by atoms with Gasteiger partial charge in [-0.15, -0.1) is 0 Å². The maximum absolute atomic E-state index is 11.8. The molecule has 0 aromatic carbocycles. The number of nitrogens with zero attached hydrogens (tertiary/aromatic N) is 3. The van der Waals surface area contributed by atoms with Gasteiger partial charge in [0, 0.05) is 13.1 Å². The second kappa shape index (κ2) is 7.11. The van der Waals surface area contributed by atoms with Gasteiger partial charge in [-0.1, -0.05) is 13.8 Å². The second-order valence-corrected chi connectivity index (χ2v) is 5.25. The van der Waals surface area contributed by atoms with E-state index in [1.54, 1.807) is 6.20 Å². The van der Waals surface area contributed by atoms with Crippen molar-refractivity contribution in [3.05, 3.63) is 18.3 Å². The normalized spacial score (nSPS) is 17.5. The first kappa shape index (κ1) is 16.1. The molecule has 0 aliphatic carbocycles. The van der Waals surface area contributed by atoms with Gasteiger partial charge in [0.05, 0.1) is 18.4 Å². The Labute approximate surface area is 130 Å². The molecule has 22 heavy (non-hydrogen) atoms. The number of hydrogen-bond donors (Lipinski definition) is 1. The van der Waals surface area contributed by atoms with E-state index in [4.69, 9.17) is 10.5 Å². The molecule has 2 rings (SSSR count). The summed E-state index contributed by atoms with van der Waals surface area (Å²) in [7, 11) is 0. The van der Waals surface area contributed by atoms with Gasteiger partial charge in [-0.05, 0) is 25.0 Å². The monoisotopic (exact) mass is 306 g/mol. The highest BCUT2D eigenvalue weighted by Gasteiger charge is 2.35. The average Bonchev–Trinajstić information content (AvgIpc) is 2.89. The molecule has 1 atom stereocenters. The Hall–Kier alpha value is -2.31. The van der Waals surface area contributed by atoms with Crippen molar-refractivity contribution in [3.8, 4) is 0 Å². The number of carbonyl (C=O) groups is 2. The number of hydrogen-bond acceptors (Lipinski definition) is 5. The Kier molecular flexibility index (Phi) is 5.19. The van der Waals surface area contributed by atoms with Crippen molar-refractivity contribution in [2.75, 3.05) is 29.4 Å². The number of rotatable bonds is 7. The van der Waals surface area contributed by atoms with E-state index < -0.39 is 18.1 Å². The van der Waals surface area contributed by atoms with Crippen LogP contribution >= 0.6 is 0 Å². The Morgan fingerprint density at radius 3 is 2.55 bits per heavy atom. The molecule has 1 saturated heterocycles. The van der Waals surface area contributed by atoms with Crippen molar-refractivity contribution in [2.24, 2.45) is 5.73 Å². The molecule has 1 aliphatic heterocycles. The molecule has 2 heterocycles. The molecule has 1 aliphatic rings. The van der Waals surface area contributed by atoms with Gasteiger partial charge in [0.1, 0.15) is 5.82 Å². The van der Waals surface area contributed by atoms with Gasteiger partial charge in [-0.3, -0.25) is 9.69 Å².